The zero-order chi connectivity index (χ0) is 11.5. The Labute approximate surface area is 100 Å². The fourth-order valence-corrected chi connectivity index (χ4v) is 2.46. The number of thiophene rings is 1. The van der Waals surface area contributed by atoms with Crippen LogP contribution in [-0.2, 0) is 13.6 Å². The number of nitrogens with one attached hydrogen (secondary N) is 1. The molecule has 16 heavy (non-hydrogen) atoms. The van der Waals surface area contributed by atoms with Gasteiger partial charge in [0.1, 0.15) is 0 Å². The molecule has 0 spiro atoms. The Morgan fingerprint density at radius 1 is 1.50 bits per heavy atom. The Kier molecular flexibility index (Phi) is 3.41. The van der Waals surface area contributed by atoms with Gasteiger partial charge in [-0.15, -0.1) is 11.3 Å². The van der Waals surface area contributed by atoms with Crippen molar-refractivity contribution in [3.63, 3.8) is 0 Å². The van der Waals surface area contributed by atoms with Gasteiger partial charge in [-0.25, -0.2) is 0 Å². The molecule has 0 bridgehead atoms. The van der Waals surface area contributed by atoms with E-state index in [1.54, 1.807) is 0 Å². The summed E-state index contributed by atoms with van der Waals surface area (Å²) in [6.07, 6.45) is 3.97. The lowest BCUT2D eigenvalue weighted by molar-refractivity contribution is 0.578. The summed E-state index contributed by atoms with van der Waals surface area (Å²) in [5.74, 6) is 0. The molecule has 0 aliphatic heterocycles. The molecule has 1 atom stereocenters. The van der Waals surface area contributed by atoms with E-state index >= 15 is 0 Å². The van der Waals surface area contributed by atoms with Crippen molar-refractivity contribution in [3.8, 4) is 0 Å². The highest BCUT2D eigenvalue weighted by Gasteiger charge is 2.07. The van der Waals surface area contributed by atoms with Gasteiger partial charge in [0.05, 0.1) is 6.20 Å². The van der Waals surface area contributed by atoms with E-state index in [4.69, 9.17) is 0 Å². The second-order valence-corrected chi connectivity index (χ2v) is 5.43. The predicted octanol–water partition coefficient (Wildman–Crippen LogP) is 2.64. The van der Waals surface area contributed by atoms with Crippen LogP contribution in [0, 0.1) is 6.92 Å². The third kappa shape index (κ3) is 2.71. The Balaban J connectivity index is 1.91. The van der Waals surface area contributed by atoms with Crippen LogP contribution in [0.4, 0.5) is 0 Å². The fourth-order valence-electron chi connectivity index (χ4n) is 1.62. The number of rotatable bonds is 4. The molecule has 0 radical (unpaired) electrons. The number of hydrogen-bond donors (Lipinski definition) is 1. The molecule has 0 saturated carbocycles. The fraction of sp³-hybridized carbons (Fsp3) is 0.417. The molecular weight excluding hydrogens is 218 g/mol. The first kappa shape index (κ1) is 11.4. The van der Waals surface area contributed by atoms with E-state index in [9.17, 15) is 0 Å². The van der Waals surface area contributed by atoms with Gasteiger partial charge in [0, 0.05) is 41.1 Å². The smallest absolute Gasteiger partial charge is 0.0537 e. The Morgan fingerprint density at radius 2 is 2.31 bits per heavy atom. The molecule has 3 nitrogen and oxygen atoms in total. The maximum atomic E-state index is 4.18. The van der Waals surface area contributed by atoms with Gasteiger partial charge >= 0.3 is 0 Å². The summed E-state index contributed by atoms with van der Waals surface area (Å²) in [4.78, 5) is 2.75. The van der Waals surface area contributed by atoms with Crippen LogP contribution in [0.1, 0.15) is 28.3 Å². The van der Waals surface area contributed by atoms with Crippen LogP contribution in [0.5, 0.6) is 0 Å². The van der Waals surface area contributed by atoms with Crippen molar-refractivity contribution < 1.29 is 0 Å². The minimum absolute atomic E-state index is 0.344. The van der Waals surface area contributed by atoms with Crippen LogP contribution >= 0.6 is 11.3 Å². The van der Waals surface area contributed by atoms with E-state index in [2.05, 4.69) is 42.6 Å². The van der Waals surface area contributed by atoms with E-state index in [1.165, 1.54) is 15.3 Å². The number of aryl methyl sites for hydroxylation is 2. The van der Waals surface area contributed by atoms with Gasteiger partial charge in [-0.2, -0.15) is 5.10 Å². The third-order valence-corrected chi connectivity index (χ3v) is 3.60. The second-order valence-electron chi connectivity index (χ2n) is 4.06. The molecule has 2 aromatic heterocycles. The van der Waals surface area contributed by atoms with Gasteiger partial charge in [0.15, 0.2) is 0 Å². The van der Waals surface area contributed by atoms with E-state index in [0.29, 0.717) is 6.04 Å². The van der Waals surface area contributed by atoms with Crippen molar-refractivity contribution in [3.05, 3.63) is 39.8 Å². The molecule has 2 heterocycles. The first-order valence-corrected chi connectivity index (χ1v) is 6.24. The van der Waals surface area contributed by atoms with Crippen molar-refractivity contribution in [2.45, 2.75) is 26.4 Å². The molecule has 2 aromatic rings. The van der Waals surface area contributed by atoms with Crippen LogP contribution in [0.25, 0.3) is 0 Å². The Bertz CT molecular complexity index is 458. The van der Waals surface area contributed by atoms with Gasteiger partial charge < -0.3 is 5.32 Å². The Morgan fingerprint density at radius 3 is 2.88 bits per heavy atom. The van der Waals surface area contributed by atoms with E-state index in [-0.39, 0.29) is 0 Å². The van der Waals surface area contributed by atoms with Crippen LogP contribution in [0.2, 0.25) is 0 Å². The first-order valence-electron chi connectivity index (χ1n) is 5.42. The molecule has 0 aliphatic rings. The summed E-state index contributed by atoms with van der Waals surface area (Å²) in [7, 11) is 1.94. The predicted molar refractivity (Wildman–Crippen MR) is 67.5 cm³/mol. The van der Waals surface area contributed by atoms with Crippen LogP contribution < -0.4 is 5.32 Å². The van der Waals surface area contributed by atoms with Gasteiger partial charge in [-0.05, 0) is 26.0 Å². The molecule has 86 valence electrons. The number of nitrogens with zero attached hydrogens (tertiary/aromatic N) is 2. The van der Waals surface area contributed by atoms with Crippen molar-refractivity contribution in [1.29, 1.82) is 0 Å². The lowest BCUT2D eigenvalue weighted by atomic mass is 10.2. The highest BCUT2D eigenvalue weighted by Crippen LogP contribution is 2.17. The minimum atomic E-state index is 0.344. The van der Waals surface area contributed by atoms with Crippen LogP contribution in [0.15, 0.2) is 24.5 Å². The van der Waals surface area contributed by atoms with Gasteiger partial charge in [-0.1, -0.05) is 0 Å². The van der Waals surface area contributed by atoms with Crippen molar-refractivity contribution >= 4 is 11.3 Å². The molecule has 0 amide bonds. The van der Waals surface area contributed by atoms with Crippen LogP contribution in [0.3, 0.4) is 0 Å². The standard InChI is InChI=1S/C12H17N3S/c1-9-4-5-12(16-9)7-13-10(2)11-6-14-15(3)8-11/h4-6,8,10,13H,7H2,1-3H3. The van der Waals surface area contributed by atoms with E-state index in [0.717, 1.165) is 6.54 Å². The topological polar surface area (TPSA) is 29.9 Å². The molecule has 0 aromatic carbocycles. The lowest BCUT2D eigenvalue weighted by Gasteiger charge is -2.10. The summed E-state index contributed by atoms with van der Waals surface area (Å²) in [5.41, 5.74) is 1.23. The molecule has 0 saturated heterocycles. The molecule has 1 N–H and O–H groups in total. The maximum absolute atomic E-state index is 4.18. The van der Waals surface area contributed by atoms with E-state index < -0.39 is 0 Å². The second kappa shape index (κ2) is 4.80. The monoisotopic (exact) mass is 235 g/mol. The third-order valence-electron chi connectivity index (χ3n) is 2.60. The minimum Gasteiger partial charge on any atom is -0.305 e. The largest absolute Gasteiger partial charge is 0.305 e. The quantitative estimate of drug-likeness (QED) is 0.883. The highest BCUT2D eigenvalue weighted by molar-refractivity contribution is 7.11. The van der Waals surface area contributed by atoms with Crippen molar-refractivity contribution in [2.24, 2.45) is 7.05 Å². The van der Waals surface area contributed by atoms with Gasteiger partial charge in [0.2, 0.25) is 0 Å². The molecule has 0 aliphatic carbocycles. The number of hydrogen-bond acceptors (Lipinski definition) is 3. The Hall–Kier alpha value is -1.13. The zero-order valence-corrected chi connectivity index (χ0v) is 10.7. The average Bonchev–Trinajstić information content (AvgIpc) is 2.84. The summed E-state index contributed by atoms with van der Waals surface area (Å²) < 4.78 is 1.84. The summed E-state index contributed by atoms with van der Waals surface area (Å²) in [5, 5.41) is 7.68. The first-order chi connectivity index (χ1) is 7.65. The van der Waals surface area contributed by atoms with Crippen LogP contribution in [-0.4, -0.2) is 9.78 Å². The van der Waals surface area contributed by atoms with E-state index in [1.807, 2.05) is 29.3 Å². The lowest BCUT2D eigenvalue weighted by Crippen LogP contribution is -2.16. The highest BCUT2D eigenvalue weighted by atomic mass is 32.1. The zero-order valence-electron chi connectivity index (χ0n) is 9.90. The summed E-state index contributed by atoms with van der Waals surface area (Å²) in [6, 6.07) is 4.69. The molecule has 2 rings (SSSR count). The number of aromatic nitrogens is 2. The van der Waals surface area contributed by atoms with Gasteiger partial charge in [-0.3, -0.25) is 4.68 Å². The molecule has 4 heteroatoms. The molecule has 1 unspecified atom stereocenters. The maximum Gasteiger partial charge on any atom is 0.0537 e. The molecule has 0 fully saturated rings. The summed E-state index contributed by atoms with van der Waals surface area (Å²) >= 11 is 1.85. The van der Waals surface area contributed by atoms with Crippen molar-refractivity contribution in [2.75, 3.05) is 0 Å². The molecular formula is C12H17N3S. The van der Waals surface area contributed by atoms with Crippen molar-refractivity contribution in [1.82, 2.24) is 15.1 Å². The average molecular weight is 235 g/mol. The summed E-state index contributed by atoms with van der Waals surface area (Å²) in [6.45, 7) is 5.23. The SMILES string of the molecule is Cc1ccc(CNC(C)c2cnn(C)c2)s1. The van der Waals surface area contributed by atoms with Gasteiger partial charge in [0.25, 0.3) is 0 Å². The normalized spacial score (nSPS) is 12.9.